The predicted molar refractivity (Wildman–Crippen MR) is 66.6 cm³/mol. The van der Waals surface area contributed by atoms with Crippen molar-refractivity contribution in [2.75, 3.05) is 13.1 Å². The summed E-state index contributed by atoms with van der Waals surface area (Å²) in [5, 5.41) is 15.1. The molecule has 1 fully saturated rings. The molecule has 1 saturated carbocycles. The number of rotatable bonds is 7. The van der Waals surface area contributed by atoms with Crippen molar-refractivity contribution in [1.82, 2.24) is 5.32 Å². The summed E-state index contributed by atoms with van der Waals surface area (Å²) in [5.41, 5.74) is 5.82. The quantitative estimate of drug-likeness (QED) is 0.269. The molecule has 1 rings (SSSR count). The van der Waals surface area contributed by atoms with Gasteiger partial charge in [-0.2, -0.15) is 0 Å². The van der Waals surface area contributed by atoms with Gasteiger partial charge in [0.2, 0.25) is 0 Å². The van der Waals surface area contributed by atoms with Gasteiger partial charge in [-0.1, -0.05) is 25.9 Å². The predicted octanol–water partition coefficient (Wildman–Crippen LogP) is 1.78. The van der Waals surface area contributed by atoms with Crippen molar-refractivity contribution in [3.63, 3.8) is 0 Å². The number of nitrogens with zero attached hydrogens (tertiary/aromatic N) is 1. The van der Waals surface area contributed by atoms with E-state index in [4.69, 9.17) is 10.9 Å². The lowest BCUT2D eigenvalue weighted by atomic mass is 9.97. The zero-order chi connectivity index (χ0) is 12.2. The molecule has 0 aromatic rings. The molecule has 0 aromatic heterocycles. The highest BCUT2D eigenvalue weighted by molar-refractivity contribution is 5.80. The third-order valence-electron chi connectivity index (χ3n) is 3.75. The molecule has 4 heteroatoms. The Kier molecular flexibility index (Phi) is 4.59. The molecule has 0 saturated heterocycles. The fraction of sp³-hybridized carbons (Fsp3) is 0.917. The minimum atomic E-state index is 0.271. The number of hydrogen-bond acceptors (Lipinski definition) is 3. The molecule has 1 unspecified atom stereocenters. The van der Waals surface area contributed by atoms with E-state index in [0.29, 0.717) is 24.1 Å². The van der Waals surface area contributed by atoms with Crippen LogP contribution in [0.3, 0.4) is 0 Å². The van der Waals surface area contributed by atoms with Gasteiger partial charge in [0.15, 0.2) is 0 Å². The van der Waals surface area contributed by atoms with E-state index in [0.717, 1.165) is 13.1 Å². The summed E-state index contributed by atoms with van der Waals surface area (Å²) in [6.45, 7) is 8.79. The van der Waals surface area contributed by atoms with E-state index in [2.05, 4.69) is 31.2 Å². The SMILES string of the molecule is CC(C)C(C)CNCC1(CC(N)=NO)CC1. The zero-order valence-corrected chi connectivity index (χ0v) is 10.7. The van der Waals surface area contributed by atoms with Gasteiger partial charge in [-0.05, 0) is 36.6 Å². The van der Waals surface area contributed by atoms with Gasteiger partial charge in [0.05, 0.1) is 0 Å². The normalized spacial score (nSPS) is 21.1. The maximum atomic E-state index is 8.55. The Morgan fingerprint density at radius 2 is 2.06 bits per heavy atom. The number of oxime groups is 1. The average Bonchev–Trinajstić information content (AvgIpc) is 2.97. The molecular weight excluding hydrogens is 202 g/mol. The van der Waals surface area contributed by atoms with E-state index in [9.17, 15) is 0 Å². The van der Waals surface area contributed by atoms with Crippen LogP contribution in [0.4, 0.5) is 0 Å². The first-order valence-electron chi connectivity index (χ1n) is 6.16. The fourth-order valence-corrected chi connectivity index (χ4v) is 1.81. The van der Waals surface area contributed by atoms with E-state index in [1.807, 2.05) is 0 Å². The molecule has 0 aromatic carbocycles. The van der Waals surface area contributed by atoms with Crippen molar-refractivity contribution in [2.24, 2.45) is 28.1 Å². The van der Waals surface area contributed by atoms with Gasteiger partial charge in [0.25, 0.3) is 0 Å². The Balaban J connectivity index is 2.22. The molecule has 4 N–H and O–H groups in total. The van der Waals surface area contributed by atoms with Gasteiger partial charge in [-0.15, -0.1) is 0 Å². The summed E-state index contributed by atoms with van der Waals surface area (Å²) in [6, 6.07) is 0. The summed E-state index contributed by atoms with van der Waals surface area (Å²) < 4.78 is 0. The molecule has 1 aliphatic rings. The molecule has 1 atom stereocenters. The first kappa shape index (κ1) is 13.3. The number of nitrogens with one attached hydrogen (secondary N) is 1. The largest absolute Gasteiger partial charge is 0.409 e. The summed E-state index contributed by atoms with van der Waals surface area (Å²) in [7, 11) is 0. The fourth-order valence-electron chi connectivity index (χ4n) is 1.81. The van der Waals surface area contributed by atoms with Crippen molar-refractivity contribution in [1.29, 1.82) is 0 Å². The first-order valence-corrected chi connectivity index (χ1v) is 6.16. The van der Waals surface area contributed by atoms with Crippen LogP contribution in [0, 0.1) is 17.3 Å². The lowest BCUT2D eigenvalue weighted by Crippen LogP contribution is -2.32. The maximum absolute atomic E-state index is 8.55. The second kappa shape index (κ2) is 5.53. The van der Waals surface area contributed by atoms with E-state index in [1.54, 1.807) is 0 Å². The number of nitrogens with two attached hydrogens (primary N) is 1. The van der Waals surface area contributed by atoms with Crippen LogP contribution in [-0.2, 0) is 0 Å². The van der Waals surface area contributed by atoms with Gasteiger partial charge in [0, 0.05) is 13.0 Å². The molecule has 0 amide bonds. The van der Waals surface area contributed by atoms with Crippen LogP contribution in [0.25, 0.3) is 0 Å². The molecule has 94 valence electrons. The smallest absolute Gasteiger partial charge is 0.139 e. The molecule has 16 heavy (non-hydrogen) atoms. The Hall–Kier alpha value is -0.770. The van der Waals surface area contributed by atoms with Crippen LogP contribution in [0.5, 0.6) is 0 Å². The Labute approximate surface area is 98.3 Å². The zero-order valence-electron chi connectivity index (χ0n) is 10.7. The first-order chi connectivity index (χ1) is 7.49. The number of hydrogen-bond donors (Lipinski definition) is 3. The van der Waals surface area contributed by atoms with Crippen LogP contribution in [0.2, 0.25) is 0 Å². The highest BCUT2D eigenvalue weighted by Gasteiger charge is 2.42. The van der Waals surface area contributed by atoms with Crippen molar-refractivity contribution in [3.8, 4) is 0 Å². The molecule has 0 spiro atoms. The third kappa shape index (κ3) is 4.00. The van der Waals surface area contributed by atoms with Gasteiger partial charge in [0.1, 0.15) is 5.84 Å². The summed E-state index contributed by atoms with van der Waals surface area (Å²) in [6.07, 6.45) is 3.09. The molecule has 0 radical (unpaired) electrons. The van der Waals surface area contributed by atoms with Crippen LogP contribution in [0.1, 0.15) is 40.0 Å². The van der Waals surface area contributed by atoms with E-state index >= 15 is 0 Å². The van der Waals surface area contributed by atoms with Gasteiger partial charge >= 0.3 is 0 Å². The summed E-state index contributed by atoms with van der Waals surface area (Å²) >= 11 is 0. The molecule has 1 aliphatic carbocycles. The molecule has 0 aliphatic heterocycles. The summed E-state index contributed by atoms with van der Waals surface area (Å²) in [4.78, 5) is 0. The van der Waals surface area contributed by atoms with Crippen LogP contribution >= 0.6 is 0 Å². The van der Waals surface area contributed by atoms with Crippen LogP contribution in [0.15, 0.2) is 5.16 Å². The van der Waals surface area contributed by atoms with E-state index < -0.39 is 0 Å². The van der Waals surface area contributed by atoms with Gasteiger partial charge in [-0.3, -0.25) is 0 Å². The van der Waals surface area contributed by atoms with Gasteiger partial charge < -0.3 is 16.3 Å². The molecular formula is C12H25N3O. The van der Waals surface area contributed by atoms with Crippen molar-refractivity contribution < 1.29 is 5.21 Å². The van der Waals surface area contributed by atoms with E-state index in [1.165, 1.54) is 12.8 Å². The Bertz CT molecular complexity index is 247. The molecule has 0 heterocycles. The topological polar surface area (TPSA) is 70.6 Å². The van der Waals surface area contributed by atoms with Crippen molar-refractivity contribution in [2.45, 2.75) is 40.0 Å². The standard InChI is InChI=1S/C12H25N3O/c1-9(2)10(3)7-14-8-12(4-5-12)6-11(13)15-16/h9-10,14,16H,4-8H2,1-3H3,(H2,13,15). The summed E-state index contributed by atoms with van der Waals surface area (Å²) in [5.74, 6) is 1.77. The average molecular weight is 227 g/mol. The van der Waals surface area contributed by atoms with Crippen molar-refractivity contribution in [3.05, 3.63) is 0 Å². The van der Waals surface area contributed by atoms with E-state index in [-0.39, 0.29) is 5.41 Å². The lowest BCUT2D eigenvalue weighted by Gasteiger charge is -2.19. The minimum Gasteiger partial charge on any atom is -0.409 e. The second-order valence-electron chi connectivity index (χ2n) is 5.62. The van der Waals surface area contributed by atoms with Crippen LogP contribution < -0.4 is 11.1 Å². The van der Waals surface area contributed by atoms with Crippen molar-refractivity contribution >= 4 is 5.84 Å². The Morgan fingerprint density at radius 1 is 1.44 bits per heavy atom. The second-order valence-corrected chi connectivity index (χ2v) is 5.62. The van der Waals surface area contributed by atoms with Gasteiger partial charge in [-0.25, -0.2) is 0 Å². The number of amidine groups is 1. The highest BCUT2D eigenvalue weighted by Crippen LogP contribution is 2.48. The lowest BCUT2D eigenvalue weighted by molar-refractivity contribution is 0.313. The molecule has 0 bridgehead atoms. The van der Waals surface area contributed by atoms with Crippen LogP contribution in [-0.4, -0.2) is 24.1 Å². The Morgan fingerprint density at radius 3 is 2.50 bits per heavy atom. The monoisotopic (exact) mass is 227 g/mol. The maximum Gasteiger partial charge on any atom is 0.139 e. The molecule has 4 nitrogen and oxygen atoms in total. The third-order valence-corrected chi connectivity index (χ3v) is 3.75. The minimum absolute atomic E-state index is 0.271. The highest BCUT2D eigenvalue weighted by atomic mass is 16.4.